The van der Waals surface area contributed by atoms with E-state index < -0.39 is 0 Å². The molecule has 110 valence electrons. The number of ether oxygens (including phenoxy) is 1. The average Bonchev–Trinajstić information content (AvgIpc) is 2.43. The van der Waals surface area contributed by atoms with Gasteiger partial charge in [-0.05, 0) is 44.4 Å². The zero-order chi connectivity index (χ0) is 14.7. The van der Waals surface area contributed by atoms with Crippen molar-refractivity contribution in [3.63, 3.8) is 0 Å². The lowest BCUT2D eigenvalue weighted by Gasteiger charge is -2.34. The van der Waals surface area contributed by atoms with Crippen molar-refractivity contribution in [2.45, 2.75) is 46.3 Å². The molecule has 1 unspecified atom stereocenters. The first-order valence-electron chi connectivity index (χ1n) is 7.42. The Morgan fingerprint density at radius 3 is 2.75 bits per heavy atom. The van der Waals surface area contributed by atoms with Gasteiger partial charge in [0.15, 0.2) is 5.78 Å². The van der Waals surface area contributed by atoms with E-state index in [1.807, 2.05) is 6.07 Å². The van der Waals surface area contributed by atoms with Crippen molar-refractivity contribution in [1.82, 2.24) is 4.90 Å². The first-order chi connectivity index (χ1) is 9.47. The quantitative estimate of drug-likeness (QED) is 0.845. The Labute approximate surface area is 121 Å². The molecule has 1 aromatic rings. The molecule has 2 rings (SSSR count). The summed E-state index contributed by atoms with van der Waals surface area (Å²) in [4.78, 5) is 14.7. The van der Waals surface area contributed by atoms with E-state index in [4.69, 9.17) is 4.74 Å². The van der Waals surface area contributed by atoms with E-state index in [1.165, 1.54) is 11.1 Å². The Balaban J connectivity index is 1.98. The van der Waals surface area contributed by atoms with Crippen LogP contribution in [0.4, 0.5) is 0 Å². The number of ketones is 1. The van der Waals surface area contributed by atoms with Crippen LogP contribution in [0.15, 0.2) is 18.2 Å². The van der Waals surface area contributed by atoms with Crippen molar-refractivity contribution >= 4 is 5.78 Å². The van der Waals surface area contributed by atoms with Crippen molar-refractivity contribution in [3.8, 4) is 0 Å². The number of morpholine rings is 1. The largest absolute Gasteiger partial charge is 0.368 e. The van der Waals surface area contributed by atoms with E-state index in [2.05, 4.69) is 44.7 Å². The molecule has 3 heteroatoms. The van der Waals surface area contributed by atoms with Gasteiger partial charge in [0.25, 0.3) is 0 Å². The number of carbonyl (C=O) groups excluding carboxylic acids is 1. The Bertz CT molecular complexity index is 482. The fourth-order valence-corrected chi connectivity index (χ4v) is 2.56. The Kier molecular flexibility index (Phi) is 4.95. The van der Waals surface area contributed by atoms with Gasteiger partial charge < -0.3 is 4.74 Å². The van der Waals surface area contributed by atoms with E-state index in [-0.39, 0.29) is 11.9 Å². The van der Waals surface area contributed by atoms with Crippen LogP contribution in [0.25, 0.3) is 0 Å². The Hall–Kier alpha value is -1.19. The minimum absolute atomic E-state index is 0.193. The van der Waals surface area contributed by atoms with Crippen molar-refractivity contribution in [3.05, 3.63) is 34.9 Å². The zero-order valence-electron chi connectivity index (χ0n) is 13.0. The normalized spacial score (nSPS) is 20.4. The summed E-state index contributed by atoms with van der Waals surface area (Å²) in [6.07, 6.45) is 0.199. The molecule has 0 N–H and O–H groups in total. The van der Waals surface area contributed by atoms with Crippen LogP contribution in [-0.4, -0.2) is 42.5 Å². The standard InChI is InChI=1S/C17H25NO2/c1-12(2)18-7-8-20-17(11-18)16(19)10-15-6-5-13(3)14(4)9-15/h5-6,9,12,17H,7-8,10-11H2,1-4H3. The maximum atomic E-state index is 12.4. The first kappa shape index (κ1) is 15.2. The molecule has 0 aliphatic carbocycles. The highest BCUT2D eigenvalue weighted by molar-refractivity contribution is 5.85. The summed E-state index contributed by atoms with van der Waals surface area (Å²) in [7, 11) is 0. The fourth-order valence-electron chi connectivity index (χ4n) is 2.56. The minimum Gasteiger partial charge on any atom is -0.368 e. The predicted molar refractivity (Wildman–Crippen MR) is 81.1 cm³/mol. The topological polar surface area (TPSA) is 29.5 Å². The number of carbonyl (C=O) groups is 1. The van der Waals surface area contributed by atoms with E-state index >= 15 is 0 Å². The van der Waals surface area contributed by atoms with Crippen LogP contribution in [0.1, 0.15) is 30.5 Å². The second kappa shape index (κ2) is 6.51. The second-order valence-corrected chi connectivity index (χ2v) is 6.01. The number of hydrogen-bond acceptors (Lipinski definition) is 3. The molecule has 0 bridgehead atoms. The van der Waals surface area contributed by atoms with Crippen LogP contribution >= 0.6 is 0 Å². The van der Waals surface area contributed by atoms with Gasteiger partial charge in [-0.3, -0.25) is 9.69 Å². The van der Waals surface area contributed by atoms with Gasteiger partial charge in [0.1, 0.15) is 6.10 Å². The van der Waals surface area contributed by atoms with Gasteiger partial charge in [0.2, 0.25) is 0 Å². The number of hydrogen-bond donors (Lipinski definition) is 0. The highest BCUT2D eigenvalue weighted by Crippen LogP contribution is 2.14. The molecular weight excluding hydrogens is 250 g/mol. The zero-order valence-corrected chi connectivity index (χ0v) is 13.0. The molecule has 0 saturated carbocycles. The number of rotatable bonds is 4. The SMILES string of the molecule is Cc1ccc(CC(=O)C2CN(C(C)C)CCO2)cc1C. The Morgan fingerprint density at radius 2 is 2.10 bits per heavy atom. The number of aryl methyl sites for hydroxylation is 2. The average molecular weight is 275 g/mol. The lowest BCUT2D eigenvalue weighted by Crippen LogP contribution is -2.49. The monoisotopic (exact) mass is 275 g/mol. The van der Waals surface area contributed by atoms with Gasteiger partial charge >= 0.3 is 0 Å². The third kappa shape index (κ3) is 3.68. The van der Waals surface area contributed by atoms with Gasteiger partial charge in [-0.15, -0.1) is 0 Å². The Morgan fingerprint density at radius 1 is 1.35 bits per heavy atom. The van der Waals surface area contributed by atoms with Crippen LogP contribution < -0.4 is 0 Å². The summed E-state index contributed by atoms with van der Waals surface area (Å²) in [5.74, 6) is 0.193. The summed E-state index contributed by atoms with van der Waals surface area (Å²) in [5, 5.41) is 0. The van der Waals surface area contributed by atoms with Crippen LogP contribution in [-0.2, 0) is 16.0 Å². The predicted octanol–water partition coefficient (Wildman–Crippen LogP) is 2.52. The minimum atomic E-state index is -0.271. The smallest absolute Gasteiger partial charge is 0.167 e. The number of benzene rings is 1. The maximum Gasteiger partial charge on any atom is 0.167 e. The molecule has 1 saturated heterocycles. The molecule has 1 aromatic carbocycles. The van der Waals surface area contributed by atoms with Gasteiger partial charge in [-0.25, -0.2) is 0 Å². The lowest BCUT2D eigenvalue weighted by molar-refractivity contribution is -0.136. The molecule has 1 heterocycles. The maximum absolute atomic E-state index is 12.4. The highest BCUT2D eigenvalue weighted by Gasteiger charge is 2.27. The van der Waals surface area contributed by atoms with Gasteiger partial charge in [0.05, 0.1) is 6.61 Å². The molecule has 1 fully saturated rings. The first-order valence-corrected chi connectivity index (χ1v) is 7.42. The van der Waals surface area contributed by atoms with Crippen LogP contribution in [0.5, 0.6) is 0 Å². The van der Waals surface area contributed by atoms with Crippen molar-refractivity contribution < 1.29 is 9.53 Å². The second-order valence-electron chi connectivity index (χ2n) is 6.01. The molecule has 1 aliphatic heterocycles. The van der Waals surface area contributed by atoms with Crippen molar-refractivity contribution in [2.75, 3.05) is 19.7 Å². The molecule has 0 radical (unpaired) electrons. The third-order valence-electron chi connectivity index (χ3n) is 4.14. The molecule has 1 aliphatic rings. The molecule has 0 spiro atoms. The molecule has 0 aromatic heterocycles. The molecule has 3 nitrogen and oxygen atoms in total. The van der Waals surface area contributed by atoms with Crippen LogP contribution in [0.3, 0.4) is 0 Å². The van der Waals surface area contributed by atoms with E-state index in [9.17, 15) is 4.79 Å². The number of nitrogens with zero attached hydrogens (tertiary/aromatic N) is 1. The van der Waals surface area contributed by atoms with Gasteiger partial charge in [0, 0.05) is 25.6 Å². The molecular formula is C17H25NO2. The van der Waals surface area contributed by atoms with E-state index in [0.717, 1.165) is 18.7 Å². The summed E-state index contributed by atoms with van der Waals surface area (Å²) in [5.41, 5.74) is 3.59. The lowest BCUT2D eigenvalue weighted by atomic mass is 10.00. The highest BCUT2D eigenvalue weighted by atomic mass is 16.5. The fraction of sp³-hybridized carbons (Fsp3) is 0.588. The molecule has 0 amide bonds. The van der Waals surface area contributed by atoms with Crippen LogP contribution in [0.2, 0.25) is 0 Å². The third-order valence-corrected chi connectivity index (χ3v) is 4.14. The summed E-state index contributed by atoms with van der Waals surface area (Å²) in [6.45, 7) is 10.8. The van der Waals surface area contributed by atoms with Crippen molar-refractivity contribution in [2.24, 2.45) is 0 Å². The summed E-state index contributed by atoms with van der Waals surface area (Å²) >= 11 is 0. The molecule has 20 heavy (non-hydrogen) atoms. The van der Waals surface area contributed by atoms with Gasteiger partial charge in [-0.1, -0.05) is 18.2 Å². The summed E-state index contributed by atoms with van der Waals surface area (Å²) < 4.78 is 5.66. The summed E-state index contributed by atoms with van der Waals surface area (Å²) in [6, 6.07) is 6.70. The van der Waals surface area contributed by atoms with Gasteiger partial charge in [-0.2, -0.15) is 0 Å². The van der Waals surface area contributed by atoms with E-state index in [0.29, 0.717) is 19.1 Å². The molecule has 1 atom stereocenters. The van der Waals surface area contributed by atoms with Crippen LogP contribution in [0, 0.1) is 13.8 Å². The van der Waals surface area contributed by atoms with Crippen molar-refractivity contribution in [1.29, 1.82) is 0 Å². The number of Topliss-reactive ketones (excluding diaryl/α,β-unsaturated/α-hetero) is 1. The van der Waals surface area contributed by atoms with E-state index in [1.54, 1.807) is 0 Å².